The van der Waals surface area contributed by atoms with E-state index in [-0.39, 0.29) is 0 Å². The molecule has 6 nitrogen and oxygen atoms in total. The summed E-state index contributed by atoms with van der Waals surface area (Å²) in [6.07, 6.45) is 2.42. The lowest BCUT2D eigenvalue weighted by atomic mass is 10.1. The summed E-state index contributed by atoms with van der Waals surface area (Å²) >= 11 is 0. The molecule has 19 heavy (non-hydrogen) atoms. The monoisotopic (exact) mass is 263 g/mol. The van der Waals surface area contributed by atoms with Crippen molar-refractivity contribution < 1.29 is 9.53 Å². The number of H-pyrrole nitrogens is 1. The van der Waals surface area contributed by atoms with Gasteiger partial charge in [-0.2, -0.15) is 4.98 Å². The van der Waals surface area contributed by atoms with Gasteiger partial charge in [0.2, 0.25) is 0 Å². The third kappa shape index (κ3) is 3.08. The van der Waals surface area contributed by atoms with Gasteiger partial charge in [-0.1, -0.05) is 0 Å². The highest BCUT2D eigenvalue weighted by Gasteiger charge is 2.17. The molecular weight excluding hydrogens is 246 g/mol. The molecule has 2 rings (SSSR count). The molecule has 0 atom stereocenters. The lowest BCUT2D eigenvalue weighted by molar-refractivity contribution is -0.104. The van der Waals surface area contributed by atoms with Crippen molar-refractivity contribution in [3.8, 4) is 0 Å². The largest absolute Gasteiger partial charge is 0.378 e. The van der Waals surface area contributed by atoms with Crippen molar-refractivity contribution in [1.82, 2.24) is 9.97 Å². The number of allylic oxidation sites excluding steroid dienone is 1. The molecule has 0 saturated carbocycles. The Kier molecular flexibility index (Phi) is 4.11. The summed E-state index contributed by atoms with van der Waals surface area (Å²) in [4.78, 5) is 31.0. The fourth-order valence-electron chi connectivity index (χ4n) is 2.03. The van der Waals surface area contributed by atoms with E-state index >= 15 is 0 Å². The number of rotatable bonds is 3. The van der Waals surface area contributed by atoms with Crippen LogP contribution < -0.4 is 10.6 Å². The number of ether oxygens (including phenoxy) is 1. The third-order valence-corrected chi connectivity index (χ3v) is 3.06. The number of carbonyl (C=O) groups is 1. The molecule has 0 aromatic carbocycles. The number of anilines is 1. The van der Waals surface area contributed by atoms with Gasteiger partial charge in [0.05, 0.1) is 13.2 Å². The van der Waals surface area contributed by atoms with E-state index < -0.39 is 5.69 Å². The Morgan fingerprint density at radius 3 is 2.74 bits per heavy atom. The molecule has 2 heterocycles. The molecule has 1 saturated heterocycles. The fraction of sp³-hybridized carbons (Fsp3) is 0.462. The van der Waals surface area contributed by atoms with Crippen LogP contribution in [0.5, 0.6) is 0 Å². The predicted octanol–water partition coefficient (Wildman–Crippen LogP) is 0.517. The van der Waals surface area contributed by atoms with Gasteiger partial charge in [0, 0.05) is 24.3 Å². The SMILES string of the molecule is C/C(C=O)=C\c1[nH]c(=O)nc(N2CCOCC2)c1C. The predicted molar refractivity (Wildman–Crippen MR) is 72.3 cm³/mol. The number of hydrogen-bond acceptors (Lipinski definition) is 5. The van der Waals surface area contributed by atoms with Crippen LogP contribution in [0.1, 0.15) is 18.2 Å². The van der Waals surface area contributed by atoms with Crippen LogP contribution >= 0.6 is 0 Å². The van der Waals surface area contributed by atoms with Gasteiger partial charge in [0.1, 0.15) is 12.1 Å². The fourth-order valence-corrected chi connectivity index (χ4v) is 2.03. The number of carbonyl (C=O) groups excluding carboxylic acids is 1. The van der Waals surface area contributed by atoms with Crippen LogP contribution in [0.2, 0.25) is 0 Å². The molecule has 0 amide bonds. The molecule has 1 aliphatic heterocycles. The summed E-state index contributed by atoms with van der Waals surface area (Å²) in [5.74, 6) is 0.664. The maximum absolute atomic E-state index is 11.6. The van der Waals surface area contributed by atoms with Gasteiger partial charge in [-0.05, 0) is 25.5 Å². The van der Waals surface area contributed by atoms with E-state index in [1.54, 1.807) is 13.0 Å². The van der Waals surface area contributed by atoms with Crippen molar-refractivity contribution in [1.29, 1.82) is 0 Å². The average molecular weight is 263 g/mol. The van der Waals surface area contributed by atoms with Crippen LogP contribution in [0.25, 0.3) is 6.08 Å². The lowest BCUT2D eigenvalue weighted by Crippen LogP contribution is -2.38. The normalized spacial score (nSPS) is 16.5. The van der Waals surface area contributed by atoms with Crippen molar-refractivity contribution in [3.63, 3.8) is 0 Å². The van der Waals surface area contributed by atoms with Gasteiger partial charge in [0.25, 0.3) is 0 Å². The first kappa shape index (κ1) is 13.5. The first-order chi connectivity index (χ1) is 9.11. The summed E-state index contributed by atoms with van der Waals surface area (Å²) in [5.41, 5.74) is 1.64. The second-order valence-corrected chi connectivity index (χ2v) is 4.51. The Morgan fingerprint density at radius 1 is 1.42 bits per heavy atom. The molecule has 6 heteroatoms. The van der Waals surface area contributed by atoms with Gasteiger partial charge >= 0.3 is 5.69 Å². The van der Waals surface area contributed by atoms with E-state index in [0.29, 0.717) is 43.4 Å². The number of aromatic nitrogens is 2. The minimum atomic E-state index is -0.406. The van der Waals surface area contributed by atoms with Crippen LogP contribution in [-0.2, 0) is 9.53 Å². The summed E-state index contributed by atoms with van der Waals surface area (Å²) < 4.78 is 5.29. The summed E-state index contributed by atoms with van der Waals surface area (Å²) in [7, 11) is 0. The van der Waals surface area contributed by atoms with Gasteiger partial charge in [-0.15, -0.1) is 0 Å². The first-order valence-corrected chi connectivity index (χ1v) is 6.19. The molecule has 1 aliphatic rings. The van der Waals surface area contributed by atoms with Gasteiger partial charge < -0.3 is 14.6 Å². The standard InChI is InChI=1S/C13H17N3O3/c1-9(8-17)7-11-10(2)12(15-13(18)14-11)16-3-5-19-6-4-16/h7-8H,3-6H2,1-2H3,(H,14,15,18)/b9-7+. The highest BCUT2D eigenvalue weighted by molar-refractivity contribution is 5.81. The topological polar surface area (TPSA) is 75.3 Å². The summed E-state index contributed by atoms with van der Waals surface area (Å²) in [6, 6.07) is 0. The van der Waals surface area contributed by atoms with E-state index in [9.17, 15) is 9.59 Å². The van der Waals surface area contributed by atoms with E-state index in [1.165, 1.54) is 0 Å². The molecule has 1 N–H and O–H groups in total. The lowest BCUT2D eigenvalue weighted by Gasteiger charge is -2.29. The van der Waals surface area contributed by atoms with E-state index in [2.05, 4.69) is 9.97 Å². The van der Waals surface area contributed by atoms with Gasteiger partial charge in [-0.25, -0.2) is 4.79 Å². The average Bonchev–Trinajstić information content (AvgIpc) is 2.43. The maximum atomic E-state index is 11.6. The third-order valence-electron chi connectivity index (χ3n) is 3.06. The van der Waals surface area contributed by atoms with Crippen molar-refractivity contribution in [2.45, 2.75) is 13.8 Å². The number of aromatic amines is 1. The molecule has 1 aromatic rings. The number of nitrogens with one attached hydrogen (secondary N) is 1. The maximum Gasteiger partial charge on any atom is 0.347 e. The Bertz CT molecular complexity index is 557. The molecule has 1 aromatic heterocycles. The van der Waals surface area contributed by atoms with Crippen molar-refractivity contribution >= 4 is 18.2 Å². The number of morpholine rings is 1. The Morgan fingerprint density at radius 2 is 2.11 bits per heavy atom. The molecule has 102 valence electrons. The van der Waals surface area contributed by atoms with Crippen LogP contribution in [0, 0.1) is 6.92 Å². The van der Waals surface area contributed by atoms with Crippen LogP contribution in [-0.4, -0.2) is 42.6 Å². The minimum absolute atomic E-state index is 0.406. The molecule has 0 radical (unpaired) electrons. The quantitative estimate of drug-likeness (QED) is 0.635. The highest BCUT2D eigenvalue weighted by atomic mass is 16.5. The summed E-state index contributed by atoms with van der Waals surface area (Å²) in [5, 5.41) is 0. The minimum Gasteiger partial charge on any atom is -0.378 e. The zero-order valence-electron chi connectivity index (χ0n) is 11.1. The Balaban J connectivity index is 2.44. The van der Waals surface area contributed by atoms with E-state index in [0.717, 1.165) is 11.8 Å². The molecule has 0 spiro atoms. The molecular formula is C13H17N3O3. The Hall–Kier alpha value is -1.95. The molecule has 0 unspecified atom stereocenters. The van der Waals surface area contributed by atoms with Crippen molar-refractivity contribution in [3.05, 3.63) is 27.3 Å². The Labute approximate surface area is 111 Å². The first-order valence-electron chi connectivity index (χ1n) is 6.19. The summed E-state index contributed by atoms with van der Waals surface area (Å²) in [6.45, 7) is 6.27. The van der Waals surface area contributed by atoms with Crippen LogP contribution in [0.15, 0.2) is 10.4 Å². The van der Waals surface area contributed by atoms with Gasteiger partial charge in [-0.3, -0.25) is 4.79 Å². The zero-order valence-corrected chi connectivity index (χ0v) is 11.1. The number of hydrogen-bond donors (Lipinski definition) is 1. The second-order valence-electron chi connectivity index (χ2n) is 4.51. The van der Waals surface area contributed by atoms with Crippen molar-refractivity contribution in [2.24, 2.45) is 0 Å². The van der Waals surface area contributed by atoms with Crippen LogP contribution in [0.3, 0.4) is 0 Å². The second kappa shape index (κ2) is 5.79. The smallest absolute Gasteiger partial charge is 0.347 e. The van der Waals surface area contributed by atoms with Gasteiger partial charge in [0.15, 0.2) is 0 Å². The van der Waals surface area contributed by atoms with E-state index in [1.807, 2.05) is 11.8 Å². The highest BCUT2D eigenvalue weighted by Crippen LogP contribution is 2.20. The number of nitrogens with zero attached hydrogens (tertiary/aromatic N) is 2. The van der Waals surface area contributed by atoms with Crippen molar-refractivity contribution in [2.75, 3.05) is 31.2 Å². The molecule has 1 fully saturated rings. The zero-order chi connectivity index (χ0) is 13.8. The number of aldehydes is 1. The molecule has 0 aliphatic carbocycles. The molecule has 0 bridgehead atoms. The van der Waals surface area contributed by atoms with Crippen LogP contribution in [0.4, 0.5) is 5.82 Å². The van der Waals surface area contributed by atoms with E-state index in [4.69, 9.17) is 4.74 Å².